The van der Waals surface area contributed by atoms with Crippen molar-refractivity contribution in [3.8, 4) is 11.5 Å². The van der Waals surface area contributed by atoms with Crippen LogP contribution in [0.5, 0.6) is 11.5 Å². The number of rotatable bonds is 8. The standard InChI is InChI=1S/C19H23NO6S/c1-14-2-4-15(5-3-14)19(24-9-8-21)13-20-27(22,23)16-6-7-17-18(12-16)26-11-10-25-17/h2-7,12,19-21H,8-11,13H2,1H3/t19-/m0/s1. The molecule has 1 heterocycles. The van der Waals surface area contributed by atoms with Gasteiger partial charge in [0, 0.05) is 12.6 Å². The van der Waals surface area contributed by atoms with Crippen LogP contribution in [0.25, 0.3) is 0 Å². The van der Waals surface area contributed by atoms with Crippen molar-refractivity contribution in [3.63, 3.8) is 0 Å². The molecule has 0 fully saturated rings. The number of hydrogen-bond acceptors (Lipinski definition) is 6. The Morgan fingerprint density at radius 1 is 1.11 bits per heavy atom. The second kappa shape index (κ2) is 8.71. The minimum Gasteiger partial charge on any atom is -0.486 e. The molecule has 7 nitrogen and oxygen atoms in total. The topological polar surface area (TPSA) is 94.1 Å². The number of fused-ring (bicyclic) bond motifs is 1. The van der Waals surface area contributed by atoms with Crippen molar-refractivity contribution >= 4 is 10.0 Å². The summed E-state index contributed by atoms with van der Waals surface area (Å²) >= 11 is 0. The molecule has 0 unspecified atom stereocenters. The normalized spacial score (nSPS) is 14.7. The number of ether oxygens (including phenoxy) is 3. The molecule has 3 rings (SSSR count). The van der Waals surface area contributed by atoms with E-state index in [2.05, 4.69) is 4.72 Å². The molecule has 2 aromatic carbocycles. The number of nitrogens with one attached hydrogen (secondary N) is 1. The monoisotopic (exact) mass is 393 g/mol. The zero-order valence-electron chi connectivity index (χ0n) is 15.1. The van der Waals surface area contributed by atoms with E-state index in [9.17, 15) is 8.42 Å². The Labute approximate surface area is 158 Å². The first kappa shape index (κ1) is 19.6. The second-order valence-electron chi connectivity index (χ2n) is 6.15. The molecule has 146 valence electrons. The highest BCUT2D eigenvalue weighted by Gasteiger charge is 2.21. The van der Waals surface area contributed by atoms with E-state index in [0.29, 0.717) is 24.7 Å². The van der Waals surface area contributed by atoms with Gasteiger partial charge in [-0.05, 0) is 24.6 Å². The minimum atomic E-state index is -3.76. The van der Waals surface area contributed by atoms with Crippen LogP contribution in [0.4, 0.5) is 0 Å². The van der Waals surface area contributed by atoms with Crippen LogP contribution in [0.1, 0.15) is 17.2 Å². The molecule has 2 N–H and O–H groups in total. The van der Waals surface area contributed by atoms with Crippen LogP contribution in [0.2, 0.25) is 0 Å². The van der Waals surface area contributed by atoms with Gasteiger partial charge in [0.1, 0.15) is 13.2 Å². The van der Waals surface area contributed by atoms with Crippen molar-refractivity contribution in [2.45, 2.75) is 17.9 Å². The first-order valence-electron chi connectivity index (χ1n) is 8.68. The number of aryl methyl sites for hydroxylation is 1. The molecule has 1 aliphatic rings. The number of benzene rings is 2. The van der Waals surface area contributed by atoms with Gasteiger partial charge < -0.3 is 19.3 Å². The zero-order valence-corrected chi connectivity index (χ0v) is 15.9. The highest BCUT2D eigenvalue weighted by atomic mass is 32.2. The summed E-state index contributed by atoms with van der Waals surface area (Å²) in [6.07, 6.45) is -0.510. The summed E-state index contributed by atoms with van der Waals surface area (Å²) in [6, 6.07) is 12.1. The van der Waals surface area contributed by atoms with Crippen LogP contribution in [0.3, 0.4) is 0 Å². The van der Waals surface area contributed by atoms with Crippen molar-refractivity contribution < 1.29 is 27.7 Å². The van der Waals surface area contributed by atoms with Gasteiger partial charge in [0.15, 0.2) is 11.5 Å². The van der Waals surface area contributed by atoms with Crippen LogP contribution in [0.15, 0.2) is 47.4 Å². The predicted octanol–water partition coefficient (Wildman–Crippen LogP) is 1.79. The molecule has 0 bridgehead atoms. The lowest BCUT2D eigenvalue weighted by atomic mass is 10.1. The molecule has 0 saturated heterocycles. The maximum Gasteiger partial charge on any atom is 0.240 e. The molecule has 0 aromatic heterocycles. The SMILES string of the molecule is Cc1ccc([C@H](CNS(=O)(=O)c2ccc3c(c2)OCCO3)OCCO)cc1. The van der Waals surface area contributed by atoms with E-state index < -0.39 is 16.1 Å². The van der Waals surface area contributed by atoms with Gasteiger partial charge in [-0.25, -0.2) is 13.1 Å². The van der Waals surface area contributed by atoms with Crippen LogP contribution in [-0.4, -0.2) is 46.5 Å². The van der Waals surface area contributed by atoms with Gasteiger partial charge in [0.05, 0.1) is 24.2 Å². The van der Waals surface area contributed by atoms with Gasteiger partial charge in [-0.3, -0.25) is 0 Å². The number of aliphatic hydroxyl groups excluding tert-OH is 1. The van der Waals surface area contributed by atoms with Crippen LogP contribution in [-0.2, 0) is 14.8 Å². The summed E-state index contributed by atoms with van der Waals surface area (Å²) in [7, 11) is -3.76. The first-order chi connectivity index (χ1) is 13.0. The molecule has 0 spiro atoms. The Balaban J connectivity index is 1.74. The molecule has 0 aliphatic carbocycles. The molecular weight excluding hydrogens is 370 g/mol. The van der Waals surface area contributed by atoms with Crippen molar-refractivity contribution in [2.24, 2.45) is 0 Å². The maximum atomic E-state index is 12.7. The predicted molar refractivity (Wildman–Crippen MR) is 99.6 cm³/mol. The summed E-state index contributed by atoms with van der Waals surface area (Å²) in [5.74, 6) is 0.944. The molecule has 8 heteroatoms. The van der Waals surface area contributed by atoms with E-state index in [4.69, 9.17) is 19.3 Å². The summed E-state index contributed by atoms with van der Waals surface area (Å²) in [4.78, 5) is 0.0940. The van der Waals surface area contributed by atoms with Gasteiger partial charge in [-0.1, -0.05) is 29.8 Å². The molecule has 0 saturated carbocycles. The van der Waals surface area contributed by atoms with E-state index in [-0.39, 0.29) is 24.7 Å². The fourth-order valence-corrected chi connectivity index (χ4v) is 3.76. The lowest BCUT2D eigenvalue weighted by molar-refractivity contribution is 0.0309. The lowest BCUT2D eigenvalue weighted by Crippen LogP contribution is -2.30. The Morgan fingerprint density at radius 3 is 2.52 bits per heavy atom. The zero-order chi connectivity index (χ0) is 19.3. The quantitative estimate of drug-likeness (QED) is 0.710. The van der Waals surface area contributed by atoms with Gasteiger partial charge in [-0.15, -0.1) is 0 Å². The van der Waals surface area contributed by atoms with Crippen molar-refractivity contribution in [2.75, 3.05) is 33.0 Å². The Hall–Kier alpha value is -2.13. The third-order valence-corrected chi connectivity index (χ3v) is 5.56. The van der Waals surface area contributed by atoms with Crippen LogP contribution < -0.4 is 14.2 Å². The Morgan fingerprint density at radius 2 is 1.81 bits per heavy atom. The summed E-state index contributed by atoms with van der Waals surface area (Å²) in [5, 5.41) is 9.04. The molecular formula is C19H23NO6S. The molecule has 1 atom stereocenters. The van der Waals surface area contributed by atoms with Gasteiger partial charge >= 0.3 is 0 Å². The summed E-state index contributed by atoms with van der Waals surface area (Å²) < 4.78 is 44.4. The Kier molecular flexibility index (Phi) is 6.33. The van der Waals surface area contributed by atoms with Crippen LogP contribution in [0, 0.1) is 6.92 Å². The van der Waals surface area contributed by atoms with Gasteiger partial charge in [0.25, 0.3) is 0 Å². The number of hydrogen-bond donors (Lipinski definition) is 2. The van der Waals surface area contributed by atoms with E-state index in [1.807, 2.05) is 31.2 Å². The largest absolute Gasteiger partial charge is 0.486 e. The van der Waals surface area contributed by atoms with Crippen molar-refractivity contribution in [3.05, 3.63) is 53.6 Å². The minimum absolute atomic E-state index is 0.0415. The summed E-state index contributed by atoms with van der Waals surface area (Å²) in [5.41, 5.74) is 1.93. The molecule has 0 amide bonds. The molecule has 2 aromatic rings. The van der Waals surface area contributed by atoms with Gasteiger partial charge in [0.2, 0.25) is 10.0 Å². The van der Waals surface area contributed by atoms with E-state index >= 15 is 0 Å². The van der Waals surface area contributed by atoms with Gasteiger partial charge in [-0.2, -0.15) is 0 Å². The van der Waals surface area contributed by atoms with E-state index in [1.54, 1.807) is 6.07 Å². The lowest BCUT2D eigenvalue weighted by Gasteiger charge is -2.20. The number of sulfonamides is 1. The fraction of sp³-hybridized carbons (Fsp3) is 0.368. The third-order valence-electron chi connectivity index (χ3n) is 4.14. The molecule has 1 aliphatic heterocycles. The molecule has 0 radical (unpaired) electrons. The van der Waals surface area contributed by atoms with E-state index in [0.717, 1.165) is 11.1 Å². The summed E-state index contributed by atoms with van der Waals surface area (Å²) in [6.45, 7) is 2.81. The maximum absolute atomic E-state index is 12.7. The fourth-order valence-electron chi connectivity index (χ4n) is 2.71. The van der Waals surface area contributed by atoms with Crippen LogP contribution >= 0.6 is 0 Å². The highest BCUT2D eigenvalue weighted by molar-refractivity contribution is 7.89. The number of aliphatic hydroxyl groups is 1. The average Bonchev–Trinajstić information content (AvgIpc) is 2.68. The highest BCUT2D eigenvalue weighted by Crippen LogP contribution is 2.32. The average molecular weight is 393 g/mol. The second-order valence-corrected chi connectivity index (χ2v) is 7.92. The smallest absolute Gasteiger partial charge is 0.240 e. The Bertz CT molecular complexity index is 866. The first-order valence-corrected chi connectivity index (χ1v) is 10.2. The van der Waals surface area contributed by atoms with E-state index in [1.165, 1.54) is 12.1 Å². The third kappa shape index (κ3) is 4.98. The van der Waals surface area contributed by atoms with Crippen molar-refractivity contribution in [1.29, 1.82) is 0 Å². The van der Waals surface area contributed by atoms with Crippen molar-refractivity contribution in [1.82, 2.24) is 4.72 Å². The molecule has 27 heavy (non-hydrogen) atoms.